The highest BCUT2D eigenvalue weighted by Crippen LogP contribution is 2.37. The number of nitrogens with two attached hydrogens (primary N) is 1. The molecule has 48 heavy (non-hydrogen) atoms. The molecule has 5 aromatic rings. The van der Waals surface area contributed by atoms with Gasteiger partial charge < -0.3 is 30.6 Å². The molecule has 0 radical (unpaired) electrons. The minimum atomic E-state index is -0.833. The molecule has 3 aromatic heterocycles. The van der Waals surface area contributed by atoms with E-state index in [9.17, 15) is 0 Å². The molecule has 7 rings (SSSR count). The maximum absolute atomic E-state index is 9.00. The molecule has 2 fully saturated rings. The number of hydrogen-bond donors (Lipinski definition) is 4. The van der Waals surface area contributed by atoms with Crippen LogP contribution >= 0.6 is 0 Å². The number of nitrogens with one attached hydrogen (secondary N) is 1. The van der Waals surface area contributed by atoms with Gasteiger partial charge in [-0.05, 0) is 57.0 Å². The number of aromatic nitrogens is 4. The molecule has 0 unspecified atom stereocenters. The van der Waals surface area contributed by atoms with E-state index < -0.39 is 11.9 Å². The van der Waals surface area contributed by atoms with Crippen LogP contribution in [-0.2, 0) is 16.1 Å². The van der Waals surface area contributed by atoms with Crippen molar-refractivity contribution in [3.8, 4) is 11.3 Å². The first kappa shape index (κ1) is 34.3. The van der Waals surface area contributed by atoms with Crippen LogP contribution in [0.15, 0.2) is 65.3 Å². The van der Waals surface area contributed by atoms with E-state index in [-0.39, 0.29) is 0 Å². The van der Waals surface area contributed by atoms with Crippen molar-refractivity contribution in [2.75, 3.05) is 44.3 Å². The summed E-state index contributed by atoms with van der Waals surface area (Å²) in [5.74, 6) is -0.285. The number of nitrogen functional groups attached to an aromatic ring is 1. The highest BCUT2D eigenvalue weighted by atomic mass is 16.4. The molecule has 5 N–H and O–H groups in total. The number of anilines is 2. The third-order valence-electron chi connectivity index (χ3n) is 8.69. The number of para-hydroxylation sites is 1. The molecule has 2 aliphatic rings. The molecule has 0 atom stereocenters. The van der Waals surface area contributed by atoms with Gasteiger partial charge in [-0.2, -0.15) is 5.10 Å². The molecule has 1 saturated heterocycles. The predicted octanol–water partition coefficient (Wildman–Crippen LogP) is 5.35. The minimum Gasteiger partial charge on any atom is -0.481 e. The summed E-state index contributed by atoms with van der Waals surface area (Å²) in [6.07, 6.45) is 6.14. The van der Waals surface area contributed by atoms with Crippen LogP contribution < -0.4 is 11.1 Å². The average molecular weight is 657 g/mol. The highest BCUT2D eigenvalue weighted by molar-refractivity contribution is 5.98. The van der Waals surface area contributed by atoms with Crippen LogP contribution in [0.3, 0.4) is 0 Å². The molecule has 254 valence electrons. The number of fused-ring (bicyclic) bond motifs is 2. The molecule has 1 saturated carbocycles. The normalized spacial score (nSPS) is 18.4. The summed E-state index contributed by atoms with van der Waals surface area (Å²) in [7, 11) is 2.22. The Kier molecular flexibility index (Phi) is 11.2. The van der Waals surface area contributed by atoms with Gasteiger partial charge in [0.15, 0.2) is 5.65 Å². The van der Waals surface area contributed by atoms with Crippen LogP contribution in [-0.4, -0.2) is 91.0 Å². The molecule has 13 nitrogen and oxygen atoms in total. The van der Waals surface area contributed by atoms with E-state index in [1.54, 1.807) is 6.33 Å². The zero-order valence-corrected chi connectivity index (χ0v) is 27.7. The molecule has 0 spiro atoms. The van der Waals surface area contributed by atoms with E-state index in [0.717, 1.165) is 84.5 Å². The van der Waals surface area contributed by atoms with Crippen LogP contribution in [0.1, 0.15) is 51.3 Å². The summed E-state index contributed by atoms with van der Waals surface area (Å²) in [5.41, 5.74) is 11.0. The number of carboxylic acid groups (broad SMARTS) is 2. The van der Waals surface area contributed by atoms with Crippen molar-refractivity contribution in [3.63, 3.8) is 0 Å². The van der Waals surface area contributed by atoms with Gasteiger partial charge in [-0.3, -0.25) is 14.5 Å². The lowest BCUT2D eigenvalue weighted by Gasteiger charge is -2.41. The van der Waals surface area contributed by atoms with E-state index in [0.29, 0.717) is 24.4 Å². The Balaban J connectivity index is 0.000000510. The second kappa shape index (κ2) is 15.7. The molecule has 0 bridgehead atoms. The second-order valence-electron chi connectivity index (χ2n) is 12.3. The number of aliphatic carboxylic acids is 2. The summed E-state index contributed by atoms with van der Waals surface area (Å²) >= 11 is 0. The monoisotopic (exact) mass is 656 g/mol. The Morgan fingerprint density at radius 1 is 0.917 bits per heavy atom. The maximum Gasteiger partial charge on any atom is 0.300 e. The zero-order chi connectivity index (χ0) is 34.2. The fourth-order valence-corrected chi connectivity index (χ4v) is 6.37. The molecule has 0 amide bonds. The van der Waals surface area contributed by atoms with Gasteiger partial charge in [0.05, 0.1) is 18.0 Å². The number of hydrogen-bond acceptors (Lipinski definition) is 10. The molecule has 4 heterocycles. The van der Waals surface area contributed by atoms with Gasteiger partial charge in [0, 0.05) is 62.7 Å². The zero-order valence-electron chi connectivity index (χ0n) is 27.7. The standard InChI is InChI=1S/C31H36N8O.2C2H4O2/c1-37-14-16-38(17-15-37)24-10-12-25(13-11-24)39-31-28(30(32)34-20-35-31)29(36-39)21-6-8-23(9-7-21)33-19-26-18-22-4-2-3-5-27(22)40-26;2*1-2(3)4/h2-9,18,20,24-25,33H,10-17,19H2,1H3,(H2,32,34,35);2*1H3,(H,3,4). The number of carbonyl (C=O) groups is 2. The lowest BCUT2D eigenvalue weighted by molar-refractivity contribution is -0.135. The van der Waals surface area contributed by atoms with E-state index in [4.69, 9.17) is 35.1 Å². The SMILES string of the molecule is CC(=O)O.CC(=O)O.CN1CCN(C2CCC(n3nc(-c4ccc(NCc5cc6ccccc6o5)cc4)c4c(N)ncnc43)CC2)CC1. The largest absolute Gasteiger partial charge is 0.481 e. The number of benzene rings is 2. The van der Waals surface area contributed by atoms with Crippen molar-refractivity contribution in [2.45, 2.75) is 58.2 Å². The van der Waals surface area contributed by atoms with Crippen LogP contribution in [0.2, 0.25) is 0 Å². The summed E-state index contributed by atoms with van der Waals surface area (Å²) in [5, 5.41) is 25.4. The average Bonchev–Trinajstić information content (AvgIpc) is 3.67. The Bertz CT molecular complexity index is 1770. The molecule has 1 aliphatic heterocycles. The Labute approximate surface area is 279 Å². The van der Waals surface area contributed by atoms with Gasteiger partial charge in [-0.15, -0.1) is 0 Å². The second-order valence-corrected chi connectivity index (χ2v) is 12.3. The van der Waals surface area contributed by atoms with Crippen molar-refractivity contribution in [1.29, 1.82) is 0 Å². The van der Waals surface area contributed by atoms with Gasteiger partial charge in [-0.1, -0.05) is 30.3 Å². The van der Waals surface area contributed by atoms with Gasteiger partial charge >= 0.3 is 0 Å². The highest BCUT2D eigenvalue weighted by Gasteiger charge is 2.30. The first-order valence-electron chi connectivity index (χ1n) is 16.2. The van der Waals surface area contributed by atoms with Gasteiger partial charge in [0.2, 0.25) is 0 Å². The van der Waals surface area contributed by atoms with E-state index in [1.807, 2.05) is 18.2 Å². The lowest BCUT2D eigenvalue weighted by atomic mass is 9.90. The van der Waals surface area contributed by atoms with E-state index >= 15 is 0 Å². The topological polar surface area (TPSA) is 176 Å². The number of likely N-dealkylation sites (N-methyl/N-ethyl adjacent to an activating group) is 1. The van der Waals surface area contributed by atoms with Gasteiger partial charge in [0.25, 0.3) is 11.9 Å². The predicted molar refractivity (Wildman–Crippen MR) is 186 cm³/mol. The fourth-order valence-electron chi connectivity index (χ4n) is 6.37. The van der Waals surface area contributed by atoms with Crippen LogP contribution in [0.5, 0.6) is 0 Å². The number of furan rings is 1. The van der Waals surface area contributed by atoms with Crippen LogP contribution in [0, 0.1) is 0 Å². The Morgan fingerprint density at radius 3 is 2.19 bits per heavy atom. The van der Waals surface area contributed by atoms with Crippen molar-refractivity contribution in [1.82, 2.24) is 29.5 Å². The number of piperazine rings is 1. The van der Waals surface area contributed by atoms with Gasteiger partial charge in [-0.25, -0.2) is 14.6 Å². The van der Waals surface area contributed by atoms with Crippen LogP contribution in [0.4, 0.5) is 11.5 Å². The molecule has 13 heteroatoms. The Hall–Kier alpha value is -5.01. The number of carboxylic acids is 2. The van der Waals surface area contributed by atoms with Crippen molar-refractivity contribution in [2.24, 2.45) is 0 Å². The number of rotatable bonds is 6. The molecular weight excluding hydrogens is 612 g/mol. The maximum atomic E-state index is 9.00. The van der Waals surface area contributed by atoms with E-state index in [2.05, 4.69) is 73.2 Å². The quantitative estimate of drug-likeness (QED) is 0.185. The van der Waals surface area contributed by atoms with Crippen molar-refractivity contribution >= 4 is 45.4 Å². The summed E-state index contributed by atoms with van der Waals surface area (Å²) in [4.78, 5) is 32.1. The minimum absolute atomic E-state index is 0.319. The summed E-state index contributed by atoms with van der Waals surface area (Å²) < 4.78 is 8.06. The van der Waals surface area contributed by atoms with Crippen LogP contribution in [0.25, 0.3) is 33.3 Å². The molecule has 1 aliphatic carbocycles. The summed E-state index contributed by atoms with van der Waals surface area (Å²) in [6.45, 7) is 7.46. The lowest BCUT2D eigenvalue weighted by Crippen LogP contribution is -2.49. The Morgan fingerprint density at radius 2 is 1.54 bits per heavy atom. The third-order valence-corrected chi connectivity index (χ3v) is 8.69. The third kappa shape index (κ3) is 8.66. The first-order chi connectivity index (χ1) is 23.1. The van der Waals surface area contributed by atoms with Crippen molar-refractivity contribution in [3.05, 3.63) is 66.7 Å². The fraction of sp³-hybridized carbons (Fsp3) is 0.400. The van der Waals surface area contributed by atoms with Gasteiger partial charge in [0.1, 0.15) is 29.2 Å². The smallest absolute Gasteiger partial charge is 0.300 e. The molecule has 2 aromatic carbocycles. The first-order valence-corrected chi connectivity index (χ1v) is 16.2. The molecular formula is C35H44N8O5. The van der Waals surface area contributed by atoms with Crippen molar-refractivity contribution < 1.29 is 24.2 Å². The summed E-state index contributed by atoms with van der Waals surface area (Å²) in [6, 6.07) is 19.5. The number of nitrogens with zero attached hydrogens (tertiary/aromatic N) is 6. The van der Waals surface area contributed by atoms with E-state index in [1.165, 1.54) is 25.9 Å².